The molecule has 0 heterocycles. The van der Waals surface area contributed by atoms with E-state index in [1.807, 2.05) is 11.8 Å². The lowest BCUT2D eigenvalue weighted by atomic mass is 10.0. The predicted molar refractivity (Wildman–Crippen MR) is 75.1 cm³/mol. The minimum atomic E-state index is 0.521. The molecule has 0 aliphatic carbocycles. The first-order valence-corrected chi connectivity index (χ1v) is 7.36. The van der Waals surface area contributed by atoms with Crippen LogP contribution in [0.15, 0.2) is 30.3 Å². The Morgan fingerprint density at radius 3 is 2.56 bits per heavy atom. The van der Waals surface area contributed by atoms with Crippen LogP contribution in [0.25, 0.3) is 0 Å². The fraction of sp³-hybridized carbons (Fsp3) is 0.571. The fourth-order valence-corrected chi connectivity index (χ4v) is 2.89. The van der Waals surface area contributed by atoms with Gasteiger partial charge >= 0.3 is 0 Å². The van der Waals surface area contributed by atoms with E-state index >= 15 is 0 Å². The number of unbranched alkanes of at least 4 members (excludes halogenated alkanes) is 2. The Bertz CT molecular complexity index is 261. The zero-order valence-electron chi connectivity index (χ0n) is 10.2. The molecule has 16 heavy (non-hydrogen) atoms. The normalized spacial score (nSPS) is 12.6. The predicted octanol–water partition coefficient (Wildman–Crippen LogP) is 3.65. The van der Waals surface area contributed by atoms with Crippen molar-refractivity contribution in [1.82, 2.24) is 0 Å². The molecule has 0 amide bonds. The lowest BCUT2D eigenvalue weighted by Gasteiger charge is -2.14. The summed E-state index contributed by atoms with van der Waals surface area (Å²) < 4.78 is 0. The first kappa shape index (κ1) is 13.6. The lowest BCUT2D eigenvalue weighted by Crippen LogP contribution is -2.14. The Morgan fingerprint density at radius 1 is 1.19 bits per heavy atom. The third-order valence-corrected chi connectivity index (χ3v) is 3.98. The number of rotatable bonds is 8. The van der Waals surface area contributed by atoms with Crippen molar-refractivity contribution in [3.8, 4) is 0 Å². The summed E-state index contributed by atoms with van der Waals surface area (Å²) in [4.78, 5) is 0. The Balaban J connectivity index is 2.27. The summed E-state index contributed by atoms with van der Waals surface area (Å²) in [6.45, 7) is 3.00. The van der Waals surface area contributed by atoms with Gasteiger partial charge in [-0.1, -0.05) is 50.1 Å². The molecule has 0 aromatic heterocycles. The summed E-state index contributed by atoms with van der Waals surface area (Å²) in [6.07, 6.45) is 4.00. The Kier molecular flexibility index (Phi) is 7.35. The van der Waals surface area contributed by atoms with E-state index in [1.165, 1.54) is 30.6 Å². The molecule has 0 saturated heterocycles. The van der Waals surface area contributed by atoms with Crippen molar-refractivity contribution in [2.75, 3.05) is 18.1 Å². The van der Waals surface area contributed by atoms with E-state index in [0.717, 1.165) is 12.3 Å². The van der Waals surface area contributed by atoms with Gasteiger partial charge in [0.1, 0.15) is 0 Å². The minimum absolute atomic E-state index is 0.521. The number of hydrogen-bond donors (Lipinski definition) is 1. The molecule has 0 bridgehead atoms. The summed E-state index contributed by atoms with van der Waals surface area (Å²) in [5, 5.41) is 0. The van der Waals surface area contributed by atoms with Gasteiger partial charge in [0, 0.05) is 11.7 Å². The van der Waals surface area contributed by atoms with E-state index in [9.17, 15) is 0 Å². The largest absolute Gasteiger partial charge is 0.330 e. The average molecular weight is 237 g/mol. The molecule has 1 nitrogen and oxygen atoms in total. The molecule has 2 heteroatoms. The summed E-state index contributed by atoms with van der Waals surface area (Å²) >= 11 is 2.04. The molecule has 1 unspecified atom stereocenters. The number of benzene rings is 1. The minimum Gasteiger partial charge on any atom is -0.330 e. The molecule has 0 saturated carbocycles. The van der Waals surface area contributed by atoms with Crippen LogP contribution < -0.4 is 5.73 Å². The summed E-state index contributed by atoms with van der Waals surface area (Å²) in [5.41, 5.74) is 7.21. The quantitative estimate of drug-likeness (QED) is 0.698. The van der Waals surface area contributed by atoms with Gasteiger partial charge in [-0.3, -0.25) is 0 Å². The monoisotopic (exact) mass is 237 g/mol. The second kappa shape index (κ2) is 8.66. The summed E-state index contributed by atoms with van der Waals surface area (Å²) in [6, 6.07) is 10.6. The van der Waals surface area contributed by atoms with E-state index < -0.39 is 0 Å². The van der Waals surface area contributed by atoms with Crippen molar-refractivity contribution in [3.05, 3.63) is 35.9 Å². The summed E-state index contributed by atoms with van der Waals surface area (Å²) in [5.74, 6) is 2.95. The van der Waals surface area contributed by atoms with Gasteiger partial charge in [0.15, 0.2) is 0 Å². The highest BCUT2D eigenvalue weighted by Crippen LogP contribution is 2.20. The third kappa shape index (κ3) is 5.04. The highest BCUT2D eigenvalue weighted by atomic mass is 32.2. The van der Waals surface area contributed by atoms with Crippen molar-refractivity contribution in [1.29, 1.82) is 0 Å². The maximum atomic E-state index is 5.83. The molecule has 0 aliphatic rings. The molecular formula is C14H23NS. The SMILES string of the molecule is CCCCCSCC(CN)c1ccccc1. The van der Waals surface area contributed by atoms with Crippen molar-refractivity contribution < 1.29 is 0 Å². The van der Waals surface area contributed by atoms with Crippen LogP contribution in [0.2, 0.25) is 0 Å². The third-order valence-electron chi connectivity index (χ3n) is 2.77. The van der Waals surface area contributed by atoms with Gasteiger partial charge < -0.3 is 5.73 Å². The van der Waals surface area contributed by atoms with Crippen LogP contribution in [0.4, 0.5) is 0 Å². The highest BCUT2D eigenvalue weighted by molar-refractivity contribution is 7.99. The summed E-state index contributed by atoms with van der Waals surface area (Å²) in [7, 11) is 0. The molecule has 0 radical (unpaired) electrons. The topological polar surface area (TPSA) is 26.0 Å². The molecule has 0 spiro atoms. The zero-order valence-corrected chi connectivity index (χ0v) is 11.0. The van der Waals surface area contributed by atoms with Gasteiger partial charge in [-0.15, -0.1) is 0 Å². The molecule has 90 valence electrons. The van der Waals surface area contributed by atoms with E-state index in [0.29, 0.717) is 5.92 Å². The molecule has 1 aromatic rings. The van der Waals surface area contributed by atoms with Crippen molar-refractivity contribution in [2.45, 2.75) is 32.1 Å². The van der Waals surface area contributed by atoms with Crippen LogP contribution >= 0.6 is 11.8 Å². The van der Waals surface area contributed by atoms with Gasteiger partial charge in [0.05, 0.1) is 0 Å². The van der Waals surface area contributed by atoms with Gasteiger partial charge in [-0.25, -0.2) is 0 Å². The maximum Gasteiger partial charge on any atom is 0.00519 e. The number of thioether (sulfide) groups is 1. The number of nitrogens with two attached hydrogens (primary N) is 1. The van der Waals surface area contributed by atoms with Gasteiger partial charge in [-0.05, 0) is 24.3 Å². The van der Waals surface area contributed by atoms with E-state index in [4.69, 9.17) is 5.73 Å². The smallest absolute Gasteiger partial charge is 0.00519 e. The first-order chi connectivity index (χ1) is 7.88. The van der Waals surface area contributed by atoms with Crippen LogP contribution in [-0.4, -0.2) is 18.1 Å². The van der Waals surface area contributed by atoms with E-state index in [2.05, 4.69) is 37.3 Å². The van der Waals surface area contributed by atoms with E-state index in [1.54, 1.807) is 0 Å². The average Bonchev–Trinajstić information content (AvgIpc) is 2.35. The second-order valence-electron chi connectivity index (χ2n) is 4.13. The van der Waals surface area contributed by atoms with Crippen LogP contribution in [0.5, 0.6) is 0 Å². The Hall–Kier alpha value is -0.470. The van der Waals surface area contributed by atoms with Gasteiger partial charge in [0.2, 0.25) is 0 Å². The van der Waals surface area contributed by atoms with Crippen molar-refractivity contribution >= 4 is 11.8 Å². The van der Waals surface area contributed by atoms with Crippen molar-refractivity contribution in [3.63, 3.8) is 0 Å². The van der Waals surface area contributed by atoms with Crippen LogP contribution in [0.3, 0.4) is 0 Å². The molecule has 1 aromatic carbocycles. The highest BCUT2D eigenvalue weighted by Gasteiger charge is 2.08. The zero-order chi connectivity index (χ0) is 11.6. The lowest BCUT2D eigenvalue weighted by molar-refractivity contribution is 0.768. The molecule has 0 fully saturated rings. The molecule has 1 atom stereocenters. The Morgan fingerprint density at radius 2 is 1.94 bits per heavy atom. The van der Waals surface area contributed by atoms with Crippen LogP contribution in [0.1, 0.15) is 37.7 Å². The first-order valence-electron chi connectivity index (χ1n) is 6.21. The Labute approximate surface area is 104 Å². The molecular weight excluding hydrogens is 214 g/mol. The molecule has 1 rings (SSSR count). The molecule has 2 N–H and O–H groups in total. The van der Waals surface area contributed by atoms with Crippen molar-refractivity contribution in [2.24, 2.45) is 5.73 Å². The fourth-order valence-electron chi connectivity index (χ4n) is 1.71. The van der Waals surface area contributed by atoms with E-state index in [-0.39, 0.29) is 0 Å². The van der Waals surface area contributed by atoms with Crippen LogP contribution in [0, 0.1) is 0 Å². The van der Waals surface area contributed by atoms with Gasteiger partial charge in [-0.2, -0.15) is 11.8 Å². The number of hydrogen-bond acceptors (Lipinski definition) is 2. The molecule has 0 aliphatic heterocycles. The maximum absolute atomic E-state index is 5.83. The second-order valence-corrected chi connectivity index (χ2v) is 5.28. The standard InChI is InChI=1S/C14H23NS/c1-2-3-7-10-16-12-14(11-15)13-8-5-4-6-9-13/h4-6,8-9,14H,2-3,7,10-12,15H2,1H3. The van der Waals surface area contributed by atoms with Gasteiger partial charge in [0.25, 0.3) is 0 Å². The van der Waals surface area contributed by atoms with Crippen LogP contribution in [-0.2, 0) is 0 Å².